The molecule has 0 aliphatic carbocycles. The van der Waals surface area contributed by atoms with Crippen LogP contribution in [0.2, 0.25) is 0 Å². The van der Waals surface area contributed by atoms with Gasteiger partial charge in [-0.1, -0.05) is 17.3 Å². The van der Waals surface area contributed by atoms with E-state index in [9.17, 15) is 0 Å². The van der Waals surface area contributed by atoms with E-state index in [4.69, 9.17) is 9.26 Å². The van der Waals surface area contributed by atoms with Crippen molar-refractivity contribution in [1.82, 2.24) is 24.9 Å². The molecule has 0 spiro atoms. The number of para-hydroxylation sites is 1. The fourth-order valence-corrected chi connectivity index (χ4v) is 4.62. The lowest BCUT2D eigenvalue weighted by atomic mass is 10.0. The summed E-state index contributed by atoms with van der Waals surface area (Å²) in [5.41, 5.74) is 5.71. The fourth-order valence-electron chi connectivity index (χ4n) is 4.62. The Morgan fingerprint density at radius 1 is 1.03 bits per heavy atom. The summed E-state index contributed by atoms with van der Waals surface area (Å²) in [5.74, 6) is 3.00. The van der Waals surface area contributed by atoms with Crippen LogP contribution in [0.4, 0.5) is 11.6 Å². The number of ether oxygens (including phenoxy) is 1. The number of pyridine rings is 1. The molecule has 2 aromatic carbocycles. The number of aromatic nitrogens is 5. The molecule has 8 heteroatoms. The molecule has 8 nitrogen and oxygen atoms in total. The van der Waals surface area contributed by atoms with Gasteiger partial charge in [-0.25, -0.2) is 4.98 Å². The zero-order valence-corrected chi connectivity index (χ0v) is 18.7. The lowest BCUT2D eigenvalue weighted by Gasteiger charge is -2.09. The minimum atomic E-state index is 0.731. The van der Waals surface area contributed by atoms with Gasteiger partial charge in [-0.3, -0.25) is 4.68 Å². The molecular weight excluding hydrogens is 416 g/mol. The van der Waals surface area contributed by atoms with Crippen molar-refractivity contribution >= 4 is 44.3 Å². The van der Waals surface area contributed by atoms with E-state index in [-0.39, 0.29) is 0 Å². The van der Waals surface area contributed by atoms with Gasteiger partial charge in [-0.15, -0.1) is 0 Å². The average Bonchev–Trinajstić information content (AvgIpc) is 3.46. The Balaban J connectivity index is 1.57. The van der Waals surface area contributed by atoms with Crippen LogP contribution in [0, 0.1) is 13.8 Å². The highest BCUT2D eigenvalue weighted by molar-refractivity contribution is 6.14. The van der Waals surface area contributed by atoms with Crippen molar-refractivity contribution in [2.45, 2.75) is 13.8 Å². The maximum absolute atomic E-state index is 5.78. The van der Waals surface area contributed by atoms with Crippen LogP contribution >= 0.6 is 0 Å². The molecule has 0 bridgehead atoms. The number of nitrogens with one attached hydrogen (secondary N) is 2. The van der Waals surface area contributed by atoms with E-state index in [1.54, 1.807) is 13.3 Å². The zero-order chi connectivity index (χ0) is 22.7. The Morgan fingerprint density at radius 2 is 1.88 bits per heavy atom. The summed E-state index contributed by atoms with van der Waals surface area (Å²) in [6.07, 6.45) is 1.79. The Morgan fingerprint density at radius 3 is 2.67 bits per heavy atom. The Kier molecular flexibility index (Phi) is 4.16. The molecule has 0 fully saturated rings. The van der Waals surface area contributed by atoms with Crippen molar-refractivity contribution in [3.8, 4) is 16.9 Å². The number of fused-ring (bicyclic) bond motifs is 4. The third-order valence-corrected chi connectivity index (χ3v) is 6.13. The van der Waals surface area contributed by atoms with E-state index in [2.05, 4.69) is 37.7 Å². The Bertz CT molecular complexity index is 1650. The third kappa shape index (κ3) is 2.87. The molecule has 164 valence electrons. The predicted octanol–water partition coefficient (Wildman–Crippen LogP) is 5.63. The predicted molar refractivity (Wildman–Crippen MR) is 129 cm³/mol. The maximum atomic E-state index is 5.78. The highest BCUT2D eigenvalue weighted by Crippen LogP contribution is 2.41. The van der Waals surface area contributed by atoms with Crippen LogP contribution in [0.15, 0.2) is 53.2 Å². The lowest BCUT2D eigenvalue weighted by Crippen LogP contribution is -1.96. The molecule has 2 N–H and O–H groups in total. The van der Waals surface area contributed by atoms with Crippen molar-refractivity contribution in [3.05, 3.63) is 60.1 Å². The fraction of sp³-hybridized carbons (Fsp3) is 0.160. The molecule has 0 aliphatic rings. The Hall–Kier alpha value is -4.33. The molecule has 6 rings (SSSR count). The second kappa shape index (κ2) is 7.09. The van der Waals surface area contributed by atoms with E-state index in [1.807, 2.05) is 55.9 Å². The van der Waals surface area contributed by atoms with Gasteiger partial charge in [0.1, 0.15) is 17.3 Å². The largest absolute Gasteiger partial charge is 0.496 e. The number of benzene rings is 2. The van der Waals surface area contributed by atoms with Crippen molar-refractivity contribution in [3.63, 3.8) is 0 Å². The molecule has 0 unspecified atom stereocenters. The number of aryl methyl sites for hydroxylation is 3. The summed E-state index contributed by atoms with van der Waals surface area (Å²) in [4.78, 5) is 8.18. The first kappa shape index (κ1) is 19.4. The van der Waals surface area contributed by atoms with Crippen LogP contribution in [0.5, 0.6) is 5.75 Å². The number of anilines is 2. The summed E-state index contributed by atoms with van der Waals surface area (Å²) < 4.78 is 13.1. The standard InChI is InChI=1S/C25H22N6O2/c1-13-22(14(2)33-30-13)17-11-19-16(12-21(17)32-4)23-18(27-19)9-10-26-25(23)28-24-15-7-5-6-8-20(15)31(3)29-24/h5-12,27H,1-4H3,(H,26,28,29). The normalized spacial score (nSPS) is 11.6. The summed E-state index contributed by atoms with van der Waals surface area (Å²) in [6, 6.07) is 14.2. The molecule has 0 radical (unpaired) electrons. The van der Waals surface area contributed by atoms with E-state index in [1.165, 1.54) is 0 Å². The molecule has 0 saturated carbocycles. The highest BCUT2D eigenvalue weighted by Gasteiger charge is 2.20. The average molecular weight is 438 g/mol. The van der Waals surface area contributed by atoms with Crippen molar-refractivity contribution in [2.24, 2.45) is 7.05 Å². The molecule has 4 aromatic heterocycles. The summed E-state index contributed by atoms with van der Waals surface area (Å²) in [6.45, 7) is 3.84. The van der Waals surface area contributed by atoms with E-state index < -0.39 is 0 Å². The van der Waals surface area contributed by atoms with Crippen molar-refractivity contribution in [1.29, 1.82) is 0 Å². The van der Waals surface area contributed by atoms with Crippen LogP contribution in [0.25, 0.3) is 43.8 Å². The quantitative estimate of drug-likeness (QED) is 0.371. The van der Waals surface area contributed by atoms with Gasteiger partial charge in [0.05, 0.1) is 34.8 Å². The number of hydrogen-bond donors (Lipinski definition) is 2. The molecular formula is C25H22N6O2. The molecule has 4 heterocycles. The van der Waals surface area contributed by atoms with E-state index in [0.29, 0.717) is 0 Å². The number of H-pyrrole nitrogens is 1. The number of nitrogens with zero attached hydrogens (tertiary/aromatic N) is 4. The van der Waals surface area contributed by atoms with E-state index >= 15 is 0 Å². The zero-order valence-electron chi connectivity index (χ0n) is 18.7. The summed E-state index contributed by atoms with van der Waals surface area (Å²) in [7, 11) is 3.61. The summed E-state index contributed by atoms with van der Waals surface area (Å²) in [5, 5.41) is 15.3. The van der Waals surface area contributed by atoms with Crippen LogP contribution in [0.1, 0.15) is 11.5 Å². The number of aromatic amines is 1. The maximum Gasteiger partial charge on any atom is 0.161 e. The van der Waals surface area contributed by atoms with E-state index in [0.717, 1.165) is 72.7 Å². The lowest BCUT2D eigenvalue weighted by molar-refractivity contribution is 0.393. The second-order valence-electron chi connectivity index (χ2n) is 8.12. The van der Waals surface area contributed by atoms with Gasteiger partial charge in [0.25, 0.3) is 0 Å². The SMILES string of the molecule is COc1cc2c(cc1-c1c(C)noc1C)[nH]c1ccnc(Nc3nn(C)c4ccccc34)c12. The molecule has 6 aromatic rings. The molecule has 0 saturated heterocycles. The third-order valence-electron chi connectivity index (χ3n) is 6.13. The number of hydrogen-bond acceptors (Lipinski definition) is 6. The molecule has 0 atom stereocenters. The van der Waals surface area contributed by atoms with Gasteiger partial charge >= 0.3 is 0 Å². The van der Waals surface area contributed by atoms with Crippen LogP contribution in [-0.4, -0.2) is 32.0 Å². The minimum Gasteiger partial charge on any atom is -0.496 e. The van der Waals surface area contributed by atoms with Gasteiger partial charge in [0.15, 0.2) is 5.82 Å². The molecule has 0 amide bonds. The van der Waals surface area contributed by atoms with Gasteiger partial charge in [0, 0.05) is 35.1 Å². The first-order valence-corrected chi connectivity index (χ1v) is 10.7. The molecule has 0 aliphatic heterocycles. The van der Waals surface area contributed by atoms with Gasteiger partial charge in [0.2, 0.25) is 0 Å². The Labute approximate surface area is 189 Å². The van der Waals surface area contributed by atoms with Crippen LogP contribution < -0.4 is 10.1 Å². The smallest absolute Gasteiger partial charge is 0.161 e. The number of methoxy groups -OCH3 is 1. The van der Waals surface area contributed by atoms with Gasteiger partial charge in [-0.05, 0) is 44.2 Å². The van der Waals surface area contributed by atoms with Crippen molar-refractivity contribution < 1.29 is 9.26 Å². The minimum absolute atomic E-state index is 0.731. The first-order valence-electron chi connectivity index (χ1n) is 10.7. The number of rotatable bonds is 4. The topological polar surface area (TPSA) is 93.8 Å². The highest BCUT2D eigenvalue weighted by atomic mass is 16.5. The first-order chi connectivity index (χ1) is 16.0. The molecule has 33 heavy (non-hydrogen) atoms. The van der Waals surface area contributed by atoms with Gasteiger partial charge < -0.3 is 19.6 Å². The van der Waals surface area contributed by atoms with Crippen molar-refractivity contribution in [2.75, 3.05) is 12.4 Å². The van der Waals surface area contributed by atoms with Gasteiger partial charge in [-0.2, -0.15) is 5.10 Å². The summed E-state index contributed by atoms with van der Waals surface area (Å²) >= 11 is 0. The monoisotopic (exact) mass is 438 g/mol. The van der Waals surface area contributed by atoms with Crippen LogP contribution in [-0.2, 0) is 7.05 Å². The van der Waals surface area contributed by atoms with Crippen LogP contribution in [0.3, 0.4) is 0 Å². The second-order valence-corrected chi connectivity index (χ2v) is 8.12.